The summed E-state index contributed by atoms with van der Waals surface area (Å²) >= 11 is 0. The fourth-order valence-corrected chi connectivity index (χ4v) is 3.10. The fraction of sp³-hybridized carbons (Fsp3) is 0.500. The molecule has 1 unspecified atom stereocenters. The second kappa shape index (κ2) is 10.6. The Kier molecular flexibility index (Phi) is 8.22. The van der Waals surface area contributed by atoms with E-state index in [-0.39, 0.29) is 24.2 Å². The van der Waals surface area contributed by atoms with Crippen molar-refractivity contribution in [1.82, 2.24) is 0 Å². The number of unbranched alkanes of at least 4 members (excludes halogenated alkanes) is 1. The fourth-order valence-electron chi connectivity index (χ4n) is 3.10. The molecule has 0 saturated carbocycles. The SMILES string of the molecule is CC1(COC(=O)CC#N)C=C(CCCCOCc2ccccc2)C(=O)CC1. The predicted molar refractivity (Wildman–Crippen MR) is 102 cm³/mol. The van der Waals surface area contributed by atoms with Crippen LogP contribution in [-0.2, 0) is 25.7 Å². The Morgan fingerprint density at radius 3 is 2.78 bits per heavy atom. The van der Waals surface area contributed by atoms with Crippen LogP contribution in [0.2, 0.25) is 0 Å². The monoisotopic (exact) mass is 369 g/mol. The first kappa shape index (κ1) is 20.9. The van der Waals surface area contributed by atoms with E-state index in [1.165, 1.54) is 0 Å². The van der Waals surface area contributed by atoms with E-state index in [0.717, 1.165) is 30.4 Å². The van der Waals surface area contributed by atoms with Crippen LogP contribution in [0.15, 0.2) is 42.0 Å². The van der Waals surface area contributed by atoms with Gasteiger partial charge in [-0.2, -0.15) is 5.26 Å². The number of nitriles is 1. The van der Waals surface area contributed by atoms with Gasteiger partial charge < -0.3 is 9.47 Å². The molecule has 1 atom stereocenters. The number of carbonyl (C=O) groups excluding carboxylic acids is 2. The number of benzene rings is 1. The van der Waals surface area contributed by atoms with Crippen molar-refractivity contribution in [3.05, 3.63) is 47.5 Å². The summed E-state index contributed by atoms with van der Waals surface area (Å²) in [6.45, 7) is 3.47. The van der Waals surface area contributed by atoms with Gasteiger partial charge in [0, 0.05) is 18.4 Å². The first-order valence-electron chi connectivity index (χ1n) is 9.41. The van der Waals surface area contributed by atoms with Gasteiger partial charge >= 0.3 is 5.97 Å². The molecule has 0 aromatic heterocycles. The van der Waals surface area contributed by atoms with Crippen LogP contribution < -0.4 is 0 Å². The summed E-state index contributed by atoms with van der Waals surface area (Å²) in [5, 5.41) is 8.52. The molecule has 2 rings (SSSR count). The Hall–Kier alpha value is -2.45. The van der Waals surface area contributed by atoms with E-state index in [4.69, 9.17) is 14.7 Å². The minimum Gasteiger partial charge on any atom is -0.464 e. The third kappa shape index (κ3) is 7.36. The quantitative estimate of drug-likeness (QED) is 0.458. The molecule has 0 heterocycles. The average Bonchev–Trinajstić information content (AvgIpc) is 2.67. The van der Waals surface area contributed by atoms with Crippen LogP contribution in [-0.4, -0.2) is 25.0 Å². The van der Waals surface area contributed by atoms with E-state index in [1.54, 1.807) is 6.07 Å². The molecule has 1 aliphatic rings. The van der Waals surface area contributed by atoms with Gasteiger partial charge in [-0.15, -0.1) is 0 Å². The molecule has 0 fully saturated rings. The van der Waals surface area contributed by atoms with E-state index in [9.17, 15) is 9.59 Å². The summed E-state index contributed by atoms with van der Waals surface area (Å²) in [7, 11) is 0. The van der Waals surface area contributed by atoms with Crippen molar-refractivity contribution in [1.29, 1.82) is 5.26 Å². The molecular formula is C22H27NO4. The Bertz CT molecular complexity index is 705. The molecule has 0 N–H and O–H groups in total. The minimum absolute atomic E-state index is 0.182. The van der Waals surface area contributed by atoms with Crippen molar-refractivity contribution in [2.24, 2.45) is 5.41 Å². The molecule has 144 valence electrons. The molecule has 5 heteroatoms. The van der Waals surface area contributed by atoms with Gasteiger partial charge in [0.1, 0.15) is 13.0 Å². The summed E-state index contributed by atoms with van der Waals surface area (Å²) in [5.41, 5.74) is 1.64. The molecule has 5 nitrogen and oxygen atoms in total. The third-order valence-electron chi connectivity index (χ3n) is 4.69. The number of hydrogen-bond donors (Lipinski definition) is 0. The predicted octanol–water partition coefficient (Wildman–Crippen LogP) is 4.13. The van der Waals surface area contributed by atoms with Crippen molar-refractivity contribution in [2.75, 3.05) is 13.2 Å². The van der Waals surface area contributed by atoms with Crippen LogP contribution in [0.25, 0.3) is 0 Å². The second-order valence-corrected chi connectivity index (χ2v) is 7.24. The highest BCUT2D eigenvalue weighted by Crippen LogP contribution is 2.34. The number of nitrogens with zero attached hydrogens (tertiary/aromatic N) is 1. The third-order valence-corrected chi connectivity index (χ3v) is 4.69. The van der Waals surface area contributed by atoms with Crippen LogP contribution in [0.5, 0.6) is 0 Å². The van der Waals surface area contributed by atoms with Gasteiger partial charge in [0.15, 0.2) is 5.78 Å². The van der Waals surface area contributed by atoms with Gasteiger partial charge in [-0.05, 0) is 36.8 Å². The largest absolute Gasteiger partial charge is 0.464 e. The van der Waals surface area contributed by atoms with E-state index in [1.807, 2.05) is 43.3 Å². The maximum Gasteiger partial charge on any atom is 0.320 e. The van der Waals surface area contributed by atoms with Gasteiger partial charge in [0.25, 0.3) is 0 Å². The molecule has 0 spiro atoms. The average molecular weight is 369 g/mol. The number of allylic oxidation sites excluding steroid dienone is 1. The first-order valence-corrected chi connectivity index (χ1v) is 9.41. The Labute approximate surface area is 161 Å². The summed E-state index contributed by atoms with van der Waals surface area (Å²) in [4.78, 5) is 23.6. The highest BCUT2D eigenvalue weighted by Gasteiger charge is 2.31. The topological polar surface area (TPSA) is 76.4 Å². The van der Waals surface area contributed by atoms with Gasteiger partial charge in [0.05, 0.1) is 12.7 Å². The molecular weight excluding hydrogens is 342 g/mol. The number of Topliss-reactive ketones (excluding diaryl/α,β-unsaturated/α-hetero) is 1. The lowest BCUT2D eigenvalue weighted by Crippen LogP contribution is -2.29. The summed E-state index contributed by atoms with van der Waals surface area (Å²) < 4.78 is 10.8. The molecule has 0 bridgehead atoms. The lowest BCUT2D eigenvalue weighted by atomic mass is 9.77. The van der Waals surface area contributed by atoms with Crippen molar-refractivity contribution in [3.8, 4) is 6.07 Å². The summed E-state index contributed by atoms with van der Waals surface area (Å²) in [6, 6.07) is 11.8. The second-order valence-electron chi connectivity index (χ2n) is 7.24. The van der Waals surface area contributed by atoms with Crippen molar-refractivity contribution in [2.45, 2.75) is 52.1 Å². The number of ether oxygens (including phenoxy) is 2. The molecule has 0 radical (unpaired) electrons. The van der Waals surface area contributed by atoms with Gasteiger partial charge in [0.2, 0.25) is 0 Å². The Balaban J connectivity index is 1.73. The smallest absolute Gasteiger partial charge is 0.320 e. The maximum absolute atomic E-state index is 12.2. The lowest BCUT2D eigenvalue weighted by molar-refractivity contribution is -0.145. The van der Waals surface area contributed by atoms with Crippen LogP contribution >= 0.6 is 0 Å². The number of rotatable bonds is 10. The molecule has 1 aliphatic carbocycles. The van der Waals surface area contributed by atoms with Crippen LogP contribution in [0.1, 0.15) is 51.0 Å². The highest BCUT2D eigenvalue weighted by atomic mass is 16.5. The molecule has 0 saturated heterocycles. The van der Waals surface area contributed by atoms with Crippen LogP contribution in [0.4, 0.5) is 0 Å². The number of carbonyl (C=O) groups is 2. The van der Waals surface area contributed by atoms with Crippen molar-refractivity contribution < 1.29 is 19.1 Å². The zero-order chi connectivity index (χ0) is 19.5. The van der Waals surface area contributed by atoms with E-state index in [0.29, 0.717) is 26.1 Å². The Morgan fingerprint density at radius 2 is 2.04 bits per heavy atom. The van der Waals surface area contributed by atoms with Gasteiger partial charge in [-0.25, -0.2) is 0 Å². The van der Waals surface area contributed by atoms with Crippen molar-refractivity contribution in [3.63, 3.8) is 0 Å². The molecule has 1 aromatic carbocycles. The number of esters is 1. The Morgan fingerprint density at radius 1 is 1.26 bits per heavy atom. The standard InChI is InChI=1S/C22H27NO4/c1-22(17-27-21(25)11-13-23)12-10-20(24)19(15-22)9-5-6-14-26-16-18-7-3-2-4-8-18/h2-4,7-8,15H,5-6,9-12,14,16-17H2,1H3. The van der Waals surface area contributed by atoms with E-state index in [2.05, 4.69) is 0 Å². The van der Waals surface area contributed by atoms with Gasteiger partial charge in [-0.3, -0.25) is 9.59 Å². The molecule has 27 heavy (non-hydrogen) atoms. The van der Waals surface area contributed by atoms with Gasteiger partial charge in [-0.1, -0.05) is 43.3 Å². The van der Waals surface area contributed by atoms with Crippen LogP contribution in [0.3, 0.4) is 0 Å². The lowest BCUT2D eigenvalue weighted by Gasteiger charge is -2.30. The number of hydrogen-bond acceptors (Lipinski definition) is 5. The maximum atomic E-state index is 12.2. The highest BCUT2D eigenvalue weighted by molar-refractivity contribution is 5.96. The van der Waals surface area contributed by atoms with Crippen LogP contribution in [0, 0.1) is 16.7 Å². The van der Waals surface area contributed by atoms with Crippen molar-refractivity contribution >= 4 is 11.8 Å². The normalized spacial score (nSPS) is 19.3. The van der Waals surface area contributed by atoms with E-state index < -0.39 is 5.97 Å². The zero-order valence-corrected chi connectivity index (χ0v) is 15.9. The first-order chi connectivity index (χ1) is 13.0. The minimum atomic E-state index is -0.513. The molecule has 0 aliphatic heterocycles. The van der Waals surface area contributed by atoms with E-state index >= 15 is 0 Å². The zero-order valence-electron chi connectivity index (χ0n) is 15.9. The molecule has 0 amide bonds. The molecule has 1 aromatic rings. The summed E-state index contributed by atoms with van der Waals surface area (Å²) in [5.74, 6) is -0.331. The number of ketones is 1. The summed E-state index contributed by atoms with van der Waals surface area (Å²) in [6.07, 6.45) is 5.35.